The number of amides is 2. The van der Waals surface area contributed by atoms with Gasteiger partial charge in [-0.05, 0) is 62.6 Å². The number of hydrogen-bond acceptors (Lipinski definition) is 3. The van der Waals surface area contributed by atoms with E-state index >= 15 is 0 Å². The van der Waals surface area contributed by atoms with Gasteiger partial charge in [0.25, 0.3) is 5.91 Å². The standard InChI is InChI=1S/C23H27BrN2O2S/c1-16-6-4-7-19(12-16)23(28)26-9-5-8-25(10-11-26)22(27)15-29-21-14-17(2)20(24)13-18(21)3/h4,6-7,12-14H,5,8-11,15H2,1-3H3. The van der Waals surface area contributed by atoms with Crippen molar-refractivity contribution in [2.75, 3.05) is 31.9 Å². The maximum Gasteiger partial charge on any atom is 0.253 e. The molecule has 1 heterocycles. The third kappa shape index (κ3) is 5.64. The van der Waals surface area contributed by atoms with Gasteiger partial charge >= 0.3 is 0 Å². The summed E-state index contributed by atoms with van der Waals surface area (Å²) in [4.78, 5) is 30.5. The number of carbonyl (C=O) groups is 2. The highest BCUT2D eigenvalue weighted by atomic mass is 79.9. The molecule has 0 radical (unpaired) electrons. The maximum absolute atomic E-state index is 12.8. The minimum absolute atomic E-state index is 0.0540. The molecule has 0 unspecified atom stereocenters. The van der Waals surface area contributed by atoms with E-state index in [1.807, 2.05) is 41.0 Å². The van der Waals surface area contributed by atoms with E-state index < -0.39 is 0 Å². The number of benzene rings is 2. The van der Waals surface area contributed by atoms with Gasteiger partial charge in [0.2, 0.25) is 5.91 Å². The summed E-state index contributed by atoms with van der Waals surface area (Å²) in [5.74, 6) is 0.617. The molecule has 2 amide bonds. The molecule has 0 aliphatic carbocycles. The van der Waals surface area contributed by atoms with Crippen LogP contribution in [0.3, 0.4) is 0 Å². The van der Waals surface area contributed by atoms with Gasteiger partial charge in [-0.15, -0.1) is 11.8 Å². The number of thioether (sulfide) groups is 1. The fraction of sp³-hybridized carbons (Fsp3) is 0.391. The lowest BCUT2D eigenvalue weighted by atomic mass is 10.1. The van der Waals surface area contributed by atoms with Gasteiger partial charge in [0.1, 0.15) is 0 Å². The van der Waals surface area contributed by atoms with Crippen LogP contribution in [-0.2, 0) is 4.79 Å². The van der Waals surface area contributed by atoms with Gasteiger partial charge in [-0.25, -0.2) is 0 Å². The third-order valence-electron chi connectivity index (χ3n) is 5.21. The normalized spacial score (nSPS) is 14.6. The topological polar surface area (TPSA) is 40.6 Å². The van der Waals surface area contributed by atoms with Crippen LogP contribution in [-0.4, -0.2) is 53.5 Å². The first-order chi connectivity index (χ1) is 13.8. The van der Waals surface area contributed by atoms with Crippen LogP contribution >= 0.6 is 27.7 Å². The van der Waals surface area contributed by atoms with Crippen LogP contribution in [0.1, 0.15) is 33.5 Å². The second kappa shape index (κ2) is 9.81. The molecule has 1 aliphatic heterocycles. The zero-order valence-corrected chi connectivity index (χ0v) is 19.6. The molecule has 0 N–H and O–H groups in total. The molecule has 0 atom stereocenters. The van der Waals surface area contributed by atoms with Crippen molar-refractivity contribution >= 4 is 39.5 Å². The van der Waals surface area contributed by atoms with Crippen molar-refractivity contribution in [2.45, 2.75) is 32.1 Å². The van der Waals surface area contributed by atoms with E-state index in [4.69, 9.17) is 0 Å². The van der Waals surface area contributed by atoms with E-state index in [2.05, 4.69) is 41.9 Å². The van der Waals surface area contributed by atoms with Crippen LogP contribution in [0.4, 0.5) is 0 Å². The molecule has 1 aliphatic rings. The van der Waals surface area contributed by atoms with Crippen molar-refractivity contribution in [3.05, 3.63) is 63.1 Å². The monoisotopic (exact) mass is 474 g/mol. The summed E-state index contributed by atoms with van der Waals surface area (Å²) in [5, 5.41) is 0. The van der Waals surface area contributed by atoms with E-state index in [9.17, 15) is 9.59 Å². The van der Waals surface area contributed by atoms with Crippen LogP contribution in [0.25, 0.3) is 0 Å². The summed E-state index contributed by atoms with van der Waals surface area (Å²) in [6.07, 6.45) is 0.810. The molecule has 2 aromatic rings. The Morgan fingerprint density at radius 3 is 2.45 bits per heavy atom. The Morgan fingerprint density at radius 2 is 1.69 bits per heavy atom. The lowest BCUT2D eigenvalue weighted by molar-refractivity contribution is -0.128. The van der Waals surface area contributed by atoms with Gasteiger partial charge in [-0.1, -0.05) is 33.6 Å². The largest absolute Gasteiger partial charge is 0.340 e. The van der Waals surface area contributed by atoms with Crippen molar-refractivity contribution in [1.29, 1.82) is 0 Å². The van der Waals surface area contributed by atoms with Gasteiger partial charge in [-0.3, -0.25) is 9.59 Å². The number of aryl methyl sites for hydroxylation is 3. The zero-order chi connectivity index (χ0) is 21.0. The van der Waals surface area contributed by atoms with E-state index in [1.165, 1.54) is 11.1 Å². The second-order valence-electron chi connectivity index (χ2n) is 7.55. The van der Waals surface area contributed by atoms with Crippen LogP contribution in [0.15, 0.2) is 45.8 Å². The number of halogens is 1. The Bertz CT molecular complexity index is 916. The second-order valence-corrected chi connectivity index (χ2v) is 9.42. The van der Waals surface area contributed by atoms with E-state index in [0.717, 1.165) is 26.9 Å². The third-order valence-corrected chi connectivity index (χ3v) is 7.20. The molecule has 154 valence electrons. The molecule has 3 rings (SSSR count). The summed E-state index contributed by atoms with van der Waals surface area (Å²) in [6, 6.07) is 11.9. The highest BCUT2D eigenvalue weighted by molar-refractivity contribution is 9.10. The molecule has 0 bridgehead atoms. The molecule has 0 spiro atoms. The van der Waals surface area contributed by atoms with Crippen molar-refractivity contribution in [3.63, 3.8) is 0 Å². The zero-order valence-electron chi connectivity index (χ0n) is 17.2. The average molecular weight is 475 g/mol. The number of carbonyl (C=O) groups excluding carboxylic acids is 2. The van der Waals surface area contributed by atoms with Gasteiger partial charge < -0.3 is 9.80 Å². The minimum Gasteiger partial charge on any atom is -0.340 e. The van der Waals surface area contributed by atoms with Crippen LogP contribution < -0.4 is 0 Å². The molecular weight excluding hydrogens is 448 g/mol. The first kappa shape index (κ1) is 21.9. The van der Waals surface area contributed by atoms with E-state index in [1.54, 1.807) is 11.8 Å². The van der Waals surface area contributed by atoms with Crippen molar-refractivity contribution in [3.8, 4) is 0 Å². The molecule has 2 aromatic carbocycles. The van der Waals surface area contributed by atoms with E-state index in [-0.39, 0.29) is 11.8 Å². The fourth-order valence-electron chi connectivity index (χ4n) is 3.47. The smallest absolute Gasteiger partial charge is 0.253 e. The highest BCUT2D eigenvalue weighted by Crippen LogP contribution is 2.28. The summed E-state index contributed by atoms with van der Waals surface area (Å²) in [6.45, 7) is 8.69. The van der Waals surface area contributed by atoms with Gasteiger partial charge in [-0.2, -0.15) is 0 Å². The first-order valence-electron chi connectivity index (χ1n) is 9.88. The van der Waals surface area contributed by atoms with E-state index in [0.29, 0.717) is 31.9 Å². The summed E-state index contributed by atoms with van der Waals surface area (Å²) < 4.78 is 1.09. The van der Waals surface area contributed by atoms with Crippen molar-refractivity contribution < 1.29 is 9.59 Å². The Hall–Kier alpha value is -1.79. The Labute approximate surface area is 185 Å². The highest BCUT2D eigenvalue weighted by Gasteiger charge is 2.23. The molecule has 4 nitrogen and oxygen atoms in total. The lowest BCUT2D eigenvalue weighted by Gasteiger charge is -2.22. The van der Waals surface area contributed by atoms with Crippen LogP contribution in [0.5, 0.6) is 0 Å². The Kier molecular flexibility index (Phi) is 7.41. The Balaban J connectivity index is 1.57. The lowest BCUT2D eigenvalue weighted by Crippen LogP contribution is -2.38. The first-order valence-corrected chi connectivity index (χ1v) is 11.7. The molecule has 6 heteroatoms. The number of rotatable bonds is 4. The maximum atomic E-state index is 12.8. The van der Waals surface area contributed by atoms with Crippen LogP contribution in [0.2, 0.25) is 0 Å². The molecule has 0 saturated carbocycles. The summed E-state index contributed by atoms with van der Waals surface area (Å²) in [7, 11) is 0. The minimum atomic E-state index is 0.0540. The van der Waals surface area contributed by atoms with Gasteiger partial charge in [0, 0.05) is 41.1 Å². The molecule has 1 saturated heterocycles. The Morgan fingerprint density at radius 1 is 0.966 bits per heavy atom. The van der Waals surface area contributed by atoms with Crippen LogP contribution in [0, 0.1) is 20.8 Å². The molecule has 0 aromatic heterocycles. The van der Waals surface area contributed by atoms with Crippen molar-refractivity contribution in [2.24, 2.45) is 0 Å². The van der Waals surface area contributed by atoms with Crippen molar-refractivity contribution in [1.82, 2.24) is 9.80 Å². The average Bonchev–Trinajstić information content (AvgIpc) is 2.95. The predicted molar refractivity (Wildman–Crippen MR) is 123 cm³/mol. The predicted octanol–water partition coefficient (Wildman–Crippen LogP) is 4.84. The number of hydrogen-bond donors (Lipinski definition) is 0. The summed E-state index contributed by atoms with van der Waals surface area (Å²) >= 11 is 5.14. The number of nitrogens with zero attached hydrogens (tertiary/aromatic N) is 2. The summed E-state index contributed by atoms with van der Waals surface area (Å²) in [5.41, 5.74) is 4.15. The molecule has 29 heavy (non-hydrogen) atoms. The molecular formula is C23H27BrN2O2S. The quantitative estimate of drug-likeness (QED) is 0.595. The molecule has 1 fully saturated rings. The van der Waals surface area contributed by atoms with Gasteiger partial charge in [0.15, 0.2) is 0 Å². The SMILES string of the molecule is Cc1cccc(C(=O)N2CCCN(C(=O)CSc3cc(C)c(Br)cc3C)CC2)c1. The van der Waals surface area contributed by atoms with Gasteiger partial charge in [0.05, 0.1) is 5.75 Å². The fourth-order valence-corrected chi connectivity index (χ4v) is 4.94.